The molecule has 2 rings (SSSR count). The van der Waals surface area contributed by atoms with E-state index in [9.17, 15) is 8.42 Å². The quantitative estimate of drug-likeness (QED) is 0.371. The van der Waals surface area contributed by atoms with Crippen molar-refractivity contribution in [2.75, 3.05) is 5.73 Å². The molecule has 0 amide bonds. The van der Waals surface area contributed by atoms with Gasteiger partial charge in [-0.05, 0) is 23.6 Å². The maximum absolute atomic E-state index is 10.9. The molecule has 0 atom stereocenters. The normalized spacial score (nSPS) is 11.1. The first-order valence-electron chi connectivity index (χ1n) is 4.24. The van der Waals surface area contributed by atoms with Crippen LogP contribution in [0, 0.1) is 0 Å². The molecule has 0 aliphatic carbocycles. The summed E-state index contributed by atoms with van der Waals surface area (Å²) in [5, 5.41) is 1.45. The minimum absolute atomic E-state index is 0. The van der Waals surface area contributed by atoms with E-state index in [1.807, 2.05) is 6.07 Å². The number of anilines is 1. The van der Waals surface area contributed by atoms with E-state index in [1.165, 1.54) is 12.1 Å². The molecule has 0 saturated heterocycles. The fourth-order valence-corrected chi connectivity index (χ4v) is 1.94. The minimum Gasteiger partial charge on any atom is -0.398 e. The average Bonchev–Trinajstić information content (AvgIpc) is 2.16. The molecular weight excluding hydrogens is 237 g/mol. The van der Waals surface area contributed by atoms with E-state index in [0.29, 0.717) is 11.1 Å². The van der Waals surface area contributed by atoms with Crippen LogP contribution in [0.2, 0.25) is 0 Å². The van der Waals surface area contributed by atoms with Crippen molar-refractivity contribution in [2.45, 2.75) is 4.90 Å². The van der Waals surface area contributed by atoms with Crippen molar-refractivity contribution in [2.24, 2.45) is 0 Å². The van der Waals surface area contributed by atoms with Gasteiger partial charge in [0.15, 0.2) is 0 Å². The number of nitrogens with two attached hydrogens (primary N) is 1. The van der Waals surface area contributed by atoms with Crippen LogP contribution in [0.25, 0.3) is 10.8 Å². The maximum atomic E-state index is 10.9. The summed E-state index contributed by atoms with van der Waals surface area (Å²) >= 11 is 0. The van der Waals surface area contributed by atoms with Gasteiger partial charge in [0.25, 0.3) is 10.1 Å². The van der Waals surface area contributed by atoms with Crippen molar-refractivity contribution in [1.29, 1.82) is 0 Å². The molecule has 0 aliphatic heterocycles. The van der Waals surface area contributed by atoms with Crippen molar-refractivity contribution in [3.05, 3.63) is 36.4 Å². The average molecular weight is 246 g/mol. The molecule has 0 saturated carbocycles. The third kappa shape index (κ3) is 2.56. The van der Waals surface area contributed by atoms with Gasteiger partial charge in [0.05, 0.1) is 4.90 Å². The topological polar surface area (TPSA) is 80.4 Å². The zero-order valence-corrected chi connectivity index (χ0v) is 11.5. The summed E-state index contributed by atoms with van der Waals surface area (Å²) < 4.78 is 30.7. The van der Waals surface area contributed by atoms with Crippen LogP contribution >= 0.6 is 0 Å². The molecule has 6 heteroatoms. The van der Waals surface area contributed by atoms with E-state index >= 15 is 0 Å². The Morgan fingerprint density at radius 3 is 2.44 bits per heavy atom. The molecule has 2 aromatic rings. The molecule has 0 bridgehead atoms. The number of hydrogen-bond acceptors (Lipinski definition) is 3. The molecule has 0 radical (unpaired) electrons. The van der Waals surface area contributed by atoms with E-state index < -0.39 is 10.1 Å². The van der Waals surface area contributed by atoms with E-state index in [1.54, 1.807) is 18.2 Å². The number of fused-ring (bicyclic) bond motifs is 1. The zero-order valence-electron chi connectivity index (χ0n) is 8.71. The Labute approximate surface area is 115 Å². The van der Waals surface area contributed by atoms with Gasteiger partial charge in [-0.25, -0.2) is 0 Å². The van der Waals surface area contributed by atoms with Gasteiger partial charge in [0.1, 0.15) is 0 Å². The summed E-state index contributed by atoms with van der Waals surface area (Å²) in [7, 11) is -4.17. The molecule has 0 aromatic heterocycles. The van der Waals surface area contributed by atoms with Gasteiger partial charge in [-0.1, -0.05) is 18.2 Å². The van der Waals surface area contributed by atoms with Gasteiger partial charge < -0.3 is 5.73 Å². The first-order valence-corrected chi connectivity index (χ1v) is 5.68. The van der Waals surface area contributed by atoms with E-state index in [4.69, 9.17) is 10.3 Å². The standard InChI is InChI=1S/C10H9NO3S.Na/c11-10-3-1-2-7-4-5-8(6-9(7)10)15(12,13)14;/h1-6H,11H2,(H,12,13,14);/q;+1. The van der Waals surface area contributed by atoms with Gasteiger partial charge in [0.2, 0.25) is 0 Å². The first kappa shape index (κ1) is 13.5. The summed E-state index contributed by atoms with van der Waals surface area (Å²) in [4.78, 5) is -0.145. The molecule has 0 fully saturated rings. The second-order valence-electron chi connectivity index (χ2n) is 3.21. The second kappa shape index (κ2) is 4.73. The molecule has 3 N–H and O–H groups in total. The Morgan fingerprint density at radius 2 is 1.81 bits per heavy atom. The Bertz CT molecular complexity index is 625. The number of nitrogen functional groups attached to an aromatic ring is 1. The van der Waals surface area contributed by atoms with Crippen molar-refractivity contribution < 1.29 is 42.5 Å². The number of benzene rings is 2. The Kier molecular flexibility index (Phi) is 3.98. The zero-order chi connectivity index (χ0) is 11.1. The van der Waals surface area contributed by atoms with Crippen LogP contribution in [0.1, 0.15) is 0 Å². The number of hydrogen-bond donors (Lipinski definition) is 2. The molecular formula is C10H9NNaO3S+. The van der Waals surface area contributed by atoms with Gasteiger partial charge >= 0.3 is 29.6 Å². The van der Waals surface area contributed by atoms with E-state index in [-0.39, 0.29) is 34.5 Å². The smallest absolute Gasteiger partial charge is 0.398 e. The third-order valence-corrected chi connectivity index (χ3v) is 3.03. The van der Waals surface area contributed by atoms with Crippen molar-refractivity contribution >= 4 is 26.6 Å². The summed E-state index contributed by atoms with van der Waals surface area (Å²) in [6.45, 7) is 0. The monoisotopic (exact) mass is 246 g/mol. The molecule has 78 valence electrons. The van der Waals surface area contributed by atoms with Crippen molar-refractivity contribution in [1.82, 2.24) is 0 Å². The van der Waals surface area contributed by atoms with Crippen LogP contribution < -0.4 is 35.3 Å². The summed E-state index contributed by atoms with van der Waals surface area (Å²) in [6, 6.07) is 9.59. The van der Waals surface area contributed by atoms with Crippen LogP contribution in [0.3, 0.4) is 0 Å². The predicted octanol–water partition coefficient (Wildman–Crippen LogP) is -1.33. The summed E-state index contributed by atoms with van der Waals surface area (Å²) in [5.74, 6) is 0. The largest absolute Gasteiger partial charge is 1.00 e. The van der Waals surface area contributed by atoms with E-state index in [0.717, 1.165) is 5.39 Å². The maximum Gasteiger partial charge on any atom is 1.00 e. The number of rotatable bonds is 1. The fourth-order valence-electron chi connectivity index (χ4n) is 1.44. The van der Waals surface area contributed by atoms with Crippen LogP contribution in [0.15, 0.2) is 41.3 Å². The fraction of sp³-hybridized carbons (Fsp3) is 0. The van der Waals surface area contributed by atoms with Crippen molar-refractivity contribution in [3.8, 4) is 0 Å². The molecule has 0 heterocycles. The Balaban J connectivity index is 0.00000128. The third-order valence-electron chi connectivity index (χ3n) is 2.19. The van der Waals surface area contributed by atoms with Crippen LogP contribution in [0.5, 0.6) is 0 Å². The van der Waals surface area contributed by atoms with Gasteiger partial charge in [0, 0.05) is 11.1 Å². The summed E-state index contributed by atoms with van der Waals surface area (Å²) in [5.41, 5.74) is 6.18. The Morgan fingerprint density at radius 1 is 1.12 bits per heavy atom. The minimum atomic E-state index is -4.17. The first-order chi connectivity index (χ1) is 6.98. The van der Waals surface area contributed by atoms with Crippen molar-refractivity contribution in [3.63, 3.8) is 0 Å². The molecule has 16 heavy (non-hydrogen) atoms. The molecule has 0 unspecified atom stereocenters. The van der Waals surface area contributed by atoms with Gasteiger partial charge in [-0.3, -0.25) is 4.55 Å². The predicted molar refractivity (Wildman–Crippen MR) is 58.2 cm³/mol. The van der Waals surface area contributed by atoms with Gasteiger partial charge in [-0.2, -0.15) is 8.42 Å². The summed E-state index contributed by atoms with van der Waals surface area (Å²) in [6.07, 6.45) is 0. The Hall–Kier alpha value is -0.590. The van der Waals surface area contributed by atoms with Crippen LogP contribution in [-0.4, -0.2) is 13.0 Å². The molecule has 0 aliphatic rings. The SMILES string of the molecule is Nc1cccc2ccc(S(=O)(=O)O)cc12.[Na+]. The second-order valence-corrected chi connectivity index (χ2v) is 4.63. The van der Waals surface area contributed by atoms with Crippen LogP contribution in [0.4, 0.5) is 5.69 Å². The molecule has 2 aromatic carbocycles. The molecule has 0 spiro atoms. The van der Waals surface area contributed by atoms with Crippen LogP contribution in [-0.2, 0) is 10.1 Å². The van der Waals surface area contributed by atoms with Gasteiger partial charge in [-0.15, -0.1) is 0 Å². The van der Waals surface area contributed by atoms with E-state index in [2.05, 4.69) is 0 Å². The molecule has 4 nitrogen and oxygen atoms in total.